The zero-order chi connectivity index (χ0) is 29.5. The van der Waals surface area contributed by atoms with Gasteiger partial charge in [-0.05, 0) is 63.0 Å². The zero-order valence-corrected chi connectivity index (χ0v) is 23.8. The molecule has 11 nitrogen and oxygen atoms in total. The van der Waals surface area contributed by atoms with Gasteiger partial charge in [-0.3, -0.25) is 4.90 Å². The second-order valence-electron chi connectivity index (χ2n) is 9.43. The number of carboxylic acids is 4. The summed E-state index contributed by atoms with van der Waals surface area (Å²) in [5, 5.41) is 32.6. The number of rotatable bonds is 9. The largest absolute Gasteiger partial charge is 0.478 e. The van der Waals surface area contributed by atoms with Gasteiger partial charge in [-0.1, -0.05) is 22.4 Å². The van der Waals surface area contributed by atoms with Gasteiger partial charge in [0.1, 0.15) is 0 Å². The van der Waals surface area contributed by atoms with Gasteiger partial charge >= 0.3 is 23.9 Å². The van der Waals surface area contributed by atoms with Crippen LogP contribution >= 0.6 is 15.9 Å². The molecule has 12 heteroatoms. The molecule has 0 bridgehead atoms. The maximum Gasteiger partial charge on any atom is 0.328 e. The quantitative estimate of drug-likeness (QED) is 0.239. The maximum atomic E-state index is 9.55. The summed E-state index contributed by atoms with van der Waals surface area (Å²) in [5.74, 6) is -5.03. The lowest BCUT2D eigenvalue weighted by molar-refractivity contribution is -0.134. The third-order valence-corrected chi connectivity index (χ3v) is 7.01. The van der Waals surface area contributed by atoms with Crippen molar-refractivity contribution in [2.75, 3.05) is 32.7 Å². The van der Waals surface area contributed by atoms with Gasteiger partial charge in [0, 0.05) is 78.1 Å². The second-order valence-corrected chi connectivity index (χ2v) is 10.3. The Kier molecular flexibility index (Phi) is 14.1. The molecule has 4 N–H and O–H groups in total. The highest BCUT2D eigenvalue weighted by atomic mass is 79.9. The van der Waals surface area contributed by atoms with Crippen LogP contribution in [0.25, 0.3) is 10.9 Å². The number of aryl methyl sites for hydroxylation is 1. The molecule has 0 saturated carbocycles. The number of carbonyl (C=O) groups is 4. The lowest BCUT2D eigenvalue weighted by Gasteiger charge is -2.44. The molecule has 4 rings (SSSR count). The first kappa shape index (κ1) is 32.7. The van der Waals surface area contributed by atoms with Crippen molar-refractivity contribution in [2.24, 2.45) is 0 Å². The van der Waals surface area contributed by atoms with Crippen molar-refractivity contribution in [1.29, 1.82) is 0 Å². The normalized spacial score (nSPS) is 17.5. The number of unbranched alkanes of at least 4 members (excludes halogenated alkanes) is 1. The first-order valence-corrected chi connectivity index (χ1v) is 13.8. The molecule has 2 aliphatic heterocycles. The number of aromatic nitrogens is 1. The molecule has 0 amide bonds. The fraction of sp³-hybridized carbons (Fsp3) is 0.429. The van der Waals surface area contributed by atoms with Crippen molar-refractivity contribution in [3.05, 3.63) is 59.2 Å². The first-order chi connectivity index (χ1) is 19.0. The van der Waals surface area contributed by atoms with Crippen molar-refractivity contribution in [1.82, 2.24) is 14.4 Å². The minimum absolute atomic E-state index is 0.558. The molecular weight excluding hydrogens is 586 g/mol. The van der Waals surface area contributed by atoms with E-state index in [1.54, 1.807) is 0 Å². The summed E-state index contributed by atoms with van der Waals surface area (Å²) >= 11 is 3.56. The predicted octanol–water partition coefficient (Wildman–Crippen LogP) is 3.78. The summed E-state index contributed by atoms with van der Waals surface area (Å²) in [6.45, 7) is 7.62. The molecule has 0 aliphatic carbocycles. The predicted molar refractivity (Wildman–Crippen MR) is 153 cm³/mol. The summed E-state index contributed by atoms with van der Waals surface area (Å²) in [6, 6.07) is 9.64. The number of aliphatic carboxylic acids is 4. The molecule has 2 saturated heterocycles. The van der Waals surface area contributed by atoms with E-state index < -0.39 is 23.9 Å². The van der Waals surface area contributed by atoms with E-state index in [0.717, 1.165) is 17.1 Å². The van der Waals surface area contributed by atoms with Crippen molar-refractivity contribution in [3.63, 3.8) is 0 Å². The average molecular weight is 623 g/mol. The Labute approximate surface area is 241 Å². The molecule has 1 unspecified atom stereocenters. The average Bonchev–Trinajstić information content (AvgIpc) is 3.31. The van der Waals surface area contributed by atoms with E-state index in [1.807, 2.05) is 0 Å². The van der Waals surface area contributed by atoms with Gasteiger partial charge in [0.05, 0.1) is 0 Å². The van der Waals surface area contributed by atoms with Crippen LogP contribution in [0.4, 0.5) is 0 Å². The molecule has 40 heavy (non-hydrogen) atoms. The van der Waals surface area contributed by atoms with Crippen LogP contribution < -0.4 is 0 Å². The van der Waals surface area contributed by atoms with Gasteiger partial charge in [0.25, 0.3) is 0 Å². The second kappa shape index (κ2) is 17.3. The summed E-state index contributed by atoms with van der Waals surface area (Å²) in [4.78, 5) is 43.6. The minimum atomic E-state index is -1.26. The third-order valence-electron chi connectivity index (χ3n) is 6.51. The number of carboxylic acid groups (broad SMARTS) is 4. The van der Waals surface area contributed by atoms with Gasteiger partial charge in [-0.25, -0.2) is 19.2 Å². The van der Waals surface area contributed by atoms with Crippen LogP contribution in [0.5, 0.6) is 0 Å². The van der Waals surface area contributed by atoms with Crippen LogP contribution in [0.15, 0.2) is 59.2 Å². The third kappa shape index (κ3) is 12.6. The Morgan fingerprint density at radius 2 is 1.40 bits per heavy atom. The van der Waals surface area contributed by atoms with Crippen LogP contribution in [0.2, 0.25) is 0 Å². The molecule has 1 aromatic heterocycles. The lowest BCUT2D eigenvalue weighted by atomic mass is 9.99. The Bertz CT molecular complexity index is 1140. The molecule has 0 spiro atoms. The molecule has 1 atom stereocenters. The summed E-state index contributed by atoms with van der Waals surface area (Å²) in [7, 11) is 0. The van der Waals surface area contributed by atoms with E-state index in [-0.39, 0.29) is 0 Å². The Morgan fingerprint density at radius 3 is 2.00 bits per heavy atom. The first-order valence-electron chi connectivity index (χ1n) is 13.0. The molecule has 2 aliphatic rings. The van der Waals surface area contributed by atoms with Crippen LogP contribution in [0.1, 0.15) is 32.1 Å². The van der Waals surface area contributed by atoms with Gasteiger partial charge in [0.2, 0.25) is 0 Å². The highest BCUT2D eigenvalue weighted by Crippen LogP contribution is 2.22. The molecular formula is C28H36BrN3O8. The van der Waals surface area contributed by atoms with Crippen molar-refractivity contribution in [2.45, 2.75) is 44.7 Å². The number of piperazine rings is 1. The number of halogens is 1. The van der Waals surface area contributed by atoms with Crippen LogP contribution in [0, 0.1) is 0 Å². The number of hydrogen-bond donors (Lipinski definition) is 4. The topological polar surface area (TPSA) is 161 Å². The highest BCUT2D eigenvalue weighted by molar-refractivity contribution is 9.10. The molecule has 1 aromatic carbocycles. The molecule has 3 heterocycles. The number of piperidine rings is 1. The number of hydrogen-bond acceptors (Lipinski definition) is 6. The van der Waals surface area contributed by atoms with Gasteiger partial charge < -0.3 is 29.9 Å². The Hall–Kier alpha value is -3.48. The van der Waals surface area contributed by atoms with Crippen molar-refractivity contribution in [3.8, 4) is 0 Å². The van der Waals surface area contributed by atoms with Crippen molar-refractivity contribution >= 4 is 50.7 Å². The van der Waals surface area contributed by atoms with Crippen LogP contribution in [0.3, 0.4) is 0 Å². The zero-order valence-electron chi connectivity index (χ0n) is 22.2. The smallest absolute Gasteiger partial charge is 0.328 e. The van der Waals surface area contributed by atoms with E-state index in [2.05, 4.69) is 60.8 Å². The molecule has 2 aromatic rings. The fourth-order valence-corrected chi connectivity index (χ4v) is 5.07. The maximum absolute atomic E-state index is 9.55. The van der Waals surface area contributed by atoms with Crippen molar-refractivity contribution < 1.29 is 39.6 Å². The van der Waals surface area contributed by atoms with E-state index in [0.29, 0.717) is 24.3 Å². The SMILES string of the molecule is Brc1ccc2c(ccn2CCCCN2CCN3CCCCC3C2)c1.O=C(O)/C=C/C(=O)O.O=C(O)/C=C/C(=O)O. The fourth-order valence-electron chi connectivity index (χ4n) is 4.69. The number of benzene rings is 1. The standard InChI is InChI=1S/C20H28BrN3.2C4H4O4/c21-18-6-7-20-17(15-18)8-12-24(20)11-4-3-9-22-13-14-23-10-2-1-5-19(23)16-22;2*5-3(6)1-2-4(7)8/h6-8,12,15,19H,1-5,9-11,13-14,16H2;2*1-2H,(H,5,6)(H,7,8)/b;2*2-1+. The molecule has 2 fully saturated rings. The number of nitrogens with zero attached hydrogens (tertiary/aromatic N) is 3. The summed E-state index contributed by atoms with van der Waals surface area (Å²) < 4.78 is 3.57. The van der Waals surface area contributed by atoms with E-state index >= 15 is 0 Å². The lowest BCUT2D eigenvalue weighted by Crippen LogP contribution is -2.54. The number of fused-ring (bicyclic) bond motifs is 2. The van der Waals surface area contributed by atoms with E-state index in [9.17, 15) is 19.2 Å². The molecule has 0 radical (unpaired) electrons. The monoisotopic (exact) mass is 621 g/mol. The van der Waals surface area contributed by atoms with Gasteiger partial charge in [-0.2, -0.15) is 0 Å². The summed E-state index contributed by atoms with van der Waals surface area (Å²) in [6.07, 6.45) is 11.3. The highest BCUT2D eigenvalue weighted by Gasteiger charge is 2.28. The Morgan fingerprint density at radius 1 is 0.800 bits per heavy atom. The minimum Gasteiger partial charge on any atom is -0.478 e. The van der Waals surface area contributed by atoms with Gasteiger partial charge in [-0.15, -0.1) is 0 Å². The van der Waals surface area contributed by atoms with Gasteiger partial charge in [0.15, 0.2) is 0 Å². The molecule has 218 valence electrons. The van der Waals surface area contributed by atoms with E-state index in [4.69, 9.17) is 20.4 Å². The van der Waals surface area contributed by atoms with Crippen LogP contribution in [-0.2, 0) is 25.7 Å². The summed E-state index contributed by atoms with van der Waals surface area (Å²) in [5.41, 5.74) is 1.36. The van der Waals surface area contributed by atoms with E-state index in [1.165, 1.54) is 75.7 Å². The Balaban J connectivity index is 0.000000290. The van der Waals surface area contributed by atoms with Crippen LogP contribution in [-0.4, -0.2) is 97.4 Å².